The monoisotopic (exact) mass is 457 g/mol. The van der Waals surface area contributed by atoms with Crippen LogP contribution in [0.3, 0.4) is 0 Å². The van der Waals surface area contributed by atoms with Gasteiger partial charge in [0.25, 0.3) is 5.56 Å². The molecule has 0 aliphatic rings. The molecular formula is C22H24ClN5O4. The van der Waals surface area contributed by atoms with Gasteiger partial charge >= 0.3 is 5.69 Å². The number of hydrogen-bond donors (Lipinski definition) is 1. The van der Waals surface area contributed by atoms with Crippen LogP contribution in [-0.4, -0.2) is 38.3 Å². The lowest BCUT2D eigenvalue weighted by Crippen LogP contribution is -2.38. The number of imidazole rings is 1. The van der Waals surface area contributed by atoms with E-state index in [9.17, 15) is 9.59 Å². The molecule has 0 saturated carbocycles. The van der Waals surface area contributed by atoms with Crippen molar-refractivity contribution in [1.29, 1.82) is 0 Å². The van der Waals surface area contributed by atoms with Crippen molar-refractivity contribution in [1.82, 2.24) is 24.1 Å². The molecule has 0 fully saturated rings. The maximum Gasteiger partial charge on any atom is 0.332 e. The summed E-state index contributed by atoms with van der Waals surface area (Å²) in [5, 5.41) is 0.879. The van der Waals surface area contributed by atoms with Gasteiger partial charge in [0.1, 0.15) is 16.7 Å². The van der Waals surface area contributed by atoms with Gasteiger partial charge in [-0.3, -0.25) is 18.9 Å². The number of nitrogens with zero attached hydrogens (tertiary/aromatic N) is 4. The first-order valence-corrected chi connectivity index (χ1v) is 10.5. The van der Waals surface area contributed by atoms with E-state index < -0.39 is 16.6 Å². The Morgan fingerprint density at radius 3 is 2.47 bits per heavy atom. The Kier molecular flexibility index (Phi) is 5.68. The third-order valence-electron chi connectivity index (χ3n) is 5.35. The number of aromatic nitrogens is 5. The predicted octanol–water partition coefficient (Wildman–Crippen LogP) is 2.97. The first kappa shape index (κ1) is 21.9. The molecule has 0 radical (unpaired) electrons. The Bertz CT molecular complexity index is 1440. The Morgan fingerprint density at radius 1 is 1.12 bits per heavy atom. The van der Waals surface area contributed by atoms with Crippen molar-refractivity contribution in [2.24, 2.45) is 13.0 Å². The van der Waals surface area contributed by atoms with Gasteiger partial charge in [-0.15, -0.1) is 11.6 Å². The topological polar surface area (TPSA) is 104 Å². The van der Waals surface area contributed by atoms with E-state index in [0.717, 1.165) is 15.3 Å². The highest BCUT2D eigenvalue weighted by molar-refractivity contribution is 6.23. The van der Waals surface area contributed by atoms with Gasteiger partial charge in [0.2, 0.25) is 0 Å². The fraction of sp³-hybridized carbons (Fsp3) is 0.364. The molecule has 4 rings (SSSR count). The molecule has 0 aliphatic carbocycles. The molecule has 0 saturated heterocycles. The number of benzene rings is 1. The van der Waals surface area contributed by atoms with Crippen LogP contribution in [0.15, 0.2) is 34.1 Å². The molecule has 9 nitrogen and oxygen atoms in total. The zero-order chi connectivity index (χ0) is 23.2. The molecule has 168 valence electrons. The van der Waals surface area contributed by atoms with Crippen LogP contribution in [0, 0.1) is 5.92 Å². The number of nitrogens with one attached hydrogen (secondary N) is 1. The van der Waals surface area contributed by atoms with E-state index in [1.165, 1.54) is 11.6 Å². The molecule has 4 aromatic rings. The van der Waals surface area contributed by atoms with Crippen LogP contribution in [0.1, 0.15) is 30.6 Å². The molecule has 3 aromatic heterocycles. The maximum atomic E-state index is 12.7. The summed E-state index contributed by atoms with van der Waals surface area (Å²) < 4.78 is 13.4. The molecule has 0 aliphatic heterocycles. The fourth-order valence-corrected chi connectivity index (χ4v) is 4.05. The van der Waals surface area contributed by atoms with Gasteiger partial charge in [-0.25, -0.2) is 9.78 Å². The van der Waals surface area contributed by atoms with Crippen molar-refractivity contribution in [2.45, 2.75) is 25.8 Å². The van der Waals surface area contributed by atoms with Crippen LogP contribution >= 0.6 is 11.6 Å². The van der Waals surface area contributed by atoms with Gasteiger partial charge in [0.15, 0.2) is 17.1 Å². The van der Waals surface area contributed by atoms with Crippen molar-refractivity contribution >= 4 is 33.5 Å². The summed E-state index contributed by atoms with van der Waals surface area (Å²) in [6, 6.07) is 3.65. The van der Waals surface area contributed by atoms with E-state index in [1.807, 2.05) is 26.0 Å². The van der Waals surface area contributed by atoms with E-state index in [2.05, 4.69) is 15.0 Å². The minimum atomic E-state index is -0.746. The zero-order valence-corrected chi connectivity index (χ0v) is 19.2. The summed E-state index contributed by atoms with van der Waals surface area (Å²) in [5.74, 6) is 1.67. The Balaban J connectivity index is 1.92. The summed E-state index contributed by atoms with van der Waals surface area (Å²) in [5.41, 5.74) is 0.346. The van der Waals surface area contributed by atoms with Gasteiger partial charge in [0.05, 0.1) is 14.2 Å². The molecule has 1 aromatic carbocycles. The van der Waals surface area contributed by atoms with Gasteiger partial charge in [-0.1, -0.05) is 13.8 Å². The summed E-state index contributed by atoms with van der Waals surface area (Å²) in [6.07, 6.45) is 3.36. The largest absolute Gasteiger partial charge is 0.493 e. The van der Waals surface area contributed by atoms with Crippen LogP contribution in [0.25, 0.3) is 21.9 Å². The molecule has 3 heterocycles. The third-order valence-corrected chi connectivity index (χ3v) is 5.79. The summed E-state index contributed by atoms with van der Waals surface area (Å²) in [7, 11) is 4.58. The minimum absolute atomic E-state index is 0.185. The number of rotatable bonds is 6. The van der Waals surface area contributed by atoms with Gasteiger partial charge < -0.3 is 14.5 Å². The van der Waals surface area contributed by atoms with Gasteiger partial charge in [-0.05, 0) is 23.4 Å². The molecule has 0 spiro atoms. The number of alkyl halides is 1. The predicted molar refractivity (Wildman–Crippen MR) is 123 cm³/mol. The number of halogens is 1. The van der Waals surface area contributed by atoms with E-state index in [4.69, 9.17) is 21.1 Å². The quantitative estimate of drug-likeness (QED) is 0.446. The Labute approximate surface area is 188 Å². The van der Waals surface area contributed by atoms with Crippen LogP contribution in [0.5, 0.6) is 11.5 Å². The highest BCUT2D eigenvalue weighted by Crippen LogP contribution is 2.38. The van der Waals surface area contributed by atoms with E-state index in [1.54, 1.807) is 26.6 Å². The normalized spacial score (nSPS) is 12.6. The number of hydrogen-bond acceptors (Lipinski definition) is 6. The average molecular weight is 458 g/mol. The second-order valence-electron chi connectivity index (χ2n) is 7.99. The lowest BCUT2D eigenvalue weighted by Gasteiger charge is -2.13. The first-order valence-electron chi connectivity index (χ1n) is 10.1. The third kappa shape index (κ3) is 3.52. The maximum absolute atomic E-state index is 12.7. The Hall–Kier alpha value is -3.33. The fourth-order valence-electron chi connectivity index (χ4n) is 3.77. The number of ether oxygens (including phenoxy) is 2. The van der Waals surface area contributed by atoms with E-state index in [0.29, 0.717) is 35.1 Å². The number of fused-ring (bicyclic) bond motifs is 2. The van der Waals surface area contributed by atoms with Gasteiger partial charge in [-0.2, -0.15) is 0 Å². The van der Waals surface area contributed by atoms with Crippen LogP contribution in [0.4, 0.5) is 0 Å². The lowest BCUT2D eigenvalue weighted by molar-refractivity contribution is 0.356. The van der Waals surface area contributed by atoms with Crippen molar-refractivity contribution in [3.05, 3.63) is 56.8 Å². The van der Waals surface area contributed by atoms with E-state index in [-0.39, 0.29) is 11.4 Å². The SMILES string of the molecule is COc1cc2cncc(C(Cl)c3nc4c([nH]3)c(=O)n(C)c(=O)n4CC(C)C)c2cc1OC. The number of methoxy groups -OCH3 is 2. The second-order valence-corrected chi connectivity index (χ2v) is 8.43. The van der Waals surface area contributed by atoms with Crippen molar-refractivity contribution in [3.8, 4) is 11.5 Å². The Morgan fingerprint density at radius 2 is 1.81 bits per heavy atom. The first-order chi connectivity index (χ1) is 15.3. The molecule has 1 atom stereocenters. The van der Waals surface area contributed by atoms with Crippen molar-refractivity contribution in [3.63, 3.8) is 0 Å². The molecule has 32 heavy (non-hydrogen) atoms. The number of H-pyrrole nitrogens is 1. The molecule has 1 unspecified atom stereocenters. The zero-order valence-electron chi connectivity index (χ0n) is 18.5. The molecule has 0 bridgehead atoms. The summed E-state index contributed by atoms with van der Waals surface area (Å²) >= 11 is 6.84. The molecule has 1 N–H and O–H groups in total. The highest BCUT2D eigenvalue weighted by Gasteiger charge is 2.23. The van der Waals surface area contributed by atoms with E-state index >= 15 is 0 Å². The van der Waals surface area contributed by atoms with Gasteiger partial charge in [0, 0.05) is 36.9 Å². The van der Waals surface area contributed by atoms with Crippen LogP contribution < -0.4 is 20.7 Å². The molecule has 0 amide bonds. The van der Waals surface area contributed by atoms with Crippen LogP contribution in [-0.2, 0) is 13.6 Å². The minimum Gasteiger partial charge on any atom is -0.493 e. The second kappa shape index (κ2) is 8.31. The summed E-state index contributed by atoms with van der Waals surface area (Å²) in [6.45, 7) is 4.41. The highest BCUT2D eigenvalue weighted by atomic mass is 35.5. The van der Waals surface area contributed by atoms with Crippen LogP contribution in [0.2, 0.25) is 0 Å². The molecule has 10 heteroatoms. The standard InChI is InChI=1S/C22H24ClN5O4/c1-11(2)10-28-20-18(21(29)27(3)22(28)30)25-19(26-20)17(23)14-9-24-8-12-6-15(31-4)16(32-5)7-13(12)14/h6-9,11,17H,10H2,1-5H3,(H,25,26). The smallest absolute Gasteiger partial charge is 0.332 e. The average Bonchev–Trinajstić information content (AvgIpc) is 3.23. The number of aromatic amines is 1. The van der Waals surface area contributed by atoms with Crippen molar-refractivity contribution < 1.29 is 9.47 Å². The van der Waals surface area contributed by atoms with Crippen molar-refractivity contribution in [2.75, 3.05) is 14.2 Å². The lowest BCUT2D eigenvalue weighted by atomic mass is 10.0. The number of pyridine rings is 1. The summed E-state index contributed by atoms with van der Waals surface area (Å²) in [4.78, 5) is 37.3. The molecular weight excluding hydrogens is 434 g/mol.